The second-order valence-corrected chi connectivity index (χ2v) is 8.52. The number of nitrogens with zero attached hydrogens (tertiary/aromatic N) is 6. The average Bonchev–Trinajstić information content (AvgIpc) is 3.33. The van der Waals surface area contributed by atoms with E-state index >= 15 is 0 Å². The Bertz CT molecular complexity index is 1300. The van der Waals surface area contributed by atoms with Crippen molar-refractivity contribution in [2.75, 3.05) is 31.1 Å². The molecule has 8 heteroatoms. The molecule has 0 atom stereocenters. The SMILES string of the molecule is Cc1nccn1-c1ccc(N2CCN(C(=O)C3c4ccccc4Oc4ccccc43)CC2)nn1. The lowest BCUT2D eigenvalue weighted by Crippen LogP contribution is -2.50. The van der Waals surface area contributed by atoms with E-state index in [-0.39, 0.29) is 11.8 Å². The number of amides is 1. The number of aromatic nitrogens is 4. The molecule has 1 fully saturated rings. The van der Waals surface area contributed by atoms with Crippen LogP contribution in [0, 0.1) is 6.92 Å². The summed E-state index contributed by atoms with van der Waals surface area (Å²) in [6.07, 6.45) is 3.62. The normalized spacial score (nSPS) is 15.4. The summed E-state index contributed by atoms with van der Waals surface area (Å²) in [6, 6.07) is 19.6. The summed E-state index contributed by atoms with van der Waals surface area (Å²) in [7, 11) is 0. The molecule has 34 heavy (non-hydrogen) atoms. The number of hydrogen-bond donors (Lipinski definition) is 0. The van der Waals surface area contributed by atoms with E-state index in [2.05, 4.69) is 20.1 Å². The van der Waals surface area contributed by atoms with Gasteiger partial charge in [-0.25, -0.2) is 4.98 Å². The third kappa shape index (κ3) is 3.48. The molecule has 2 aliphatic rings. The number of benzene rings is 2. The number of para-hydroxylation sites is 2. The molecule has 8 nitrogen and oxygen atoms in total. The highest BCUT2D eigenvalue weighted by atomic mass is 16.5. The number of carbonyl (C=O) groups is 1. The lowest BCUT2D eigenvalue weighted by Gasteiger charge is -2.38. The molecule has 170 valence electrons. The predicted molar refractivity (Wildman–Crippen MR) is 127 cm³/mol. The second kappa shape index (κ2) is 8.30. The van der Waals surface area contributed by atoms with E-state index in [0.29, 0.717) is 26.2 Å². The summed E-state index contributed by atoms with van der Waals surface area (Å²) in [5, 5.41) is 8.80. The number of anilines is 1. The maximum atomic E-state index is 13.7. The van der Waals surface area contributed by atoms with Gasteiger partial charge in [0.05, 0.1) is 5.92 Å². The first-order valence-electron chi connectivity index (χ1n) is 11.4. The number of hydrogen-bond acceptors (Lipinski definition) is 6. The van der Waals surface area contributed by atoms with Gasteiger partial charge in [-0.2, -0.15) is 0 Å². The Morgan fingerprint density at radius 2 is 1.47 bits per heavy atom. The Labute approximate surface area is 197 Å². The Kier molecular flexibility index (Phi) is 4.98. The summed E-state index contributed by atoms with van der Waals surface area (Å²) in [5.41, 5.74) is 1.84. The van der Waals surface area contributed by atoms with Crippen LogP contribution >= 0.6 is 0 Å². The number of piperazine rings is 1. The van der Waals surface area contributed by atoms with Crippen LogP contribution in [0.25, 0.3) is 5.82 Å². The number of rotatable bonds is 3. The lowest BCUT2D eigenvalue weighted by atomic mass is 9.86. The molecule has 0 N–H and O–H groups in total. The van der Waals surface area contributed by atoms with Crippen LogP contribution in [0.5, 0.6) is 11.5 Å². The van der Waals surface area contributed by atoms with E-state index < -0.39 is 0 Å². The number of imidazole rings is 1. The highest BCUT2D eigenvalue weighted by Crippen LogP contribution is 2.44. The fourth-order valence-corrected chi connectivity index (χ4v) is 4.75. The molecule has 2 aliphatic heterocycles. The van der Waals surface area contributed by atoms with Crippen molar-refractivity contribution in [1.29, 1.82) is 0 Å². The minimum Gasteiger partial charge on any atom is -0.457 e. The predicted octanol–water partition coefficient (Wildman–Crippen LogP) is 3.56. The van der Waals surface area contributed by atoms with Crippen molar-refractivity contribution in [3.63, 3.8) is 0 Å². The van der Waals surface area contributed by atoms with E-state index in [1.54, 1.807) is 6.20 Å². The van der Waals surface area contributed by atoms with E-state index in [1.807, 2.05) is 83.3 Å². The van der Waals surface area contributed by atoms with E-state index in [9.17, 15) is 4.79 Å². The molecule has 1 saturated heterocycles. The lowest BCUT2D eigenvalue weighted by molar-refractivity contribution is -0.132. The van der Waals surface area contributed by atoms with Crippen molar-refractivity contribution < 1.29 is 9.53 Å². The quantitative estimate of drug-likeness (QED) is 0.473. The van der Waals surface area contributed by atoms with Crippen LogP contribution in [0.3, 0.4) is 0 Å². The molecule has 4 aromatic rings. The molecule has 0 aliphatic carbocycles. The number of fused-ring (bicyclic) bond motifs is 2. The van der Waals surface area contributed by atoms with Crippen molar-refractivity contribution in [3.8, 4) is 17.3 Å². The largest absolute Gasteiger partial charge is 0.457 e. The van der Waals surface area contributed by atoms with Crippen molar-refractivity contribution in [2.24, 2.45) is 0 Å². The Balaban J connectivity index is 1.19. The molecule has 6 rings (SSSR count). The molecule has 0 unspecified atom stereocenters. The summed E-state index contributed by atoms with van der Waals surface area (Å²) in [5.74, 6) is 3.68. The van der Waals surface area contributed by atoms with Gasteiger partial charge < -0.3 is 14.5 Å². The van der Waals surface area contributed by atoms with Gasteiger partial charge in [0.2, 0.25) is 5.91 Å². The molecule has 0 spiro atoms. The third-order valence-corrected chi connectivity index (χ3v) is 6.55. The van der Waals surface area contributed by atoms with Gasteiger partial charge in [0.25, 0.3) is 0 Å². The van der Waals surface area contributed by atoms with E-state index in [0.717, 1.165) is 40.1 Å². The standard InChI is InChI=1S/C26H24N6O2/c1-18-27-12-13-32(18)24-11-10-23(28-29-24)30-14-16-31(17-15-30)26(33)25-19-6-2-4-8-21(19)34-22-9-5-3-7-20(22)25/h2-13,25H,14-17H2,1H3. The van der Waals surface area contributed by atoms with Crippen molar-refractivity contribution in [1.82, 2.24) is 24.6 Å². The molecule has 2 aromatic heterocycles. The molecule has 0 radical (unpaired) electrons. The van der Waals surface area contributed by atoms with Gasteiger partial charge in [0.1, 0.15) is 17.3 Å². The van der Waals surface area contributed by atoms with Crippen LogP contribution < -0.4 is 9.64 Å². The average molecular weight is 453 g/mol. The molecule has 2 aromatic carbocycles. The number of carbonyl (C=O) groups excluding carboxylic acids is 1. The highest BCUT2D eigenvalue weighted by molar-refractivity contribution is 5.90. The van der Waals surface area contributed by atoms with Gasteiger partial charge in [-0.3, -0.25) is 9.36 Å². The molecule has 0 bridgehead atoms. The first-order valence-corrected chi connectivity index (χ1v) is 11.4. The van der Waals surface area contributed by atoms with Gasteiger partial charge in [-0.05, 0) is 31.2 Å². The van der Waals surface area contributed by atoms with Crippen molar-refractivity contribution in [2.45, 2.75) is 12.8 Å². The fraction of sp³-hybridized carbons (Fsp3) is 0.231. The van der Waals surface area contributed by atoms with Gasteiger partial charge in [-0.15, -0.1) is 10.2 Å². The maximum absolute atomic E-state index is 13.7. The van der Waals surface area contributed by atoms with Gasteiger partial charge >= 0.3 is 0 Å². The Morgan fingerprint density at radius 1 is 0.853 bits per heavy atom. The van der Waals surface area contributed by atoms with Crippen LogP contribution in [-0.2, 0) is 4.79 Å². The molecule has 4 heterocycles. The molecule has 0 saturated carbocycles. The minimum atomic E-state index is -0.356. The summed E-state index contributed by atoms with van der Waals surface area (Å²) in [6.45, 7) is 4.60. The summed E-state index contributed by atoms with van der Waals surface area (Å²) < 4.78 is 7.96. The zero-order chi connectivity index (χ0) is 23.1. The topological polar surface area (TPSA) is 76.4 Å². The second-order valence-electron chi connectivity index (χ2n) is 8.52. The summed E-state index contributed by atoms with van der Waals surface area (Å²) in [4.78, 5) is 22.1. The Morgan fingerprint density at radius 3 is 2.06 bits per heavy atom. The number of aryl methyl sites for hydroxylation is 1. The highest BCUT2D eigenvalue weighted by Gasteiger charge is 2.36. The van der Waals surface area contributed by atoms with Crippen LogP contribution in [0.4, 0.5) is 5.82 Å². The van der Waals surface area contributed by atoms with Crippen LogP contribution in [0.15, 0.2) is 73.1 Å². The first-order chi connectivity index (χ1) is 16.7. The third-order valence-electron chi connectivity index (χ3n) is 6.55. The molecule has 1 amide bonds. The van der Waals surface area contributed by atoms with E-state index in [4.69, 9.17) is 4.74 Å². The van der Waals surface area contributed by atoms with Gasteiger partial charge in [0, 0.05) is 49.7 Å². The monoisotopic (exact) mass is 452 g/mol. The van der Waals surface area contributed by atoms with Crippen LogP contribution in [0.2, 0.25) is 0 Å². The maximum Gasteiger partial charge on any atom is 0.234 e. The first kappa shape index (κ1) is 20.4. The van der Waals surface area contributed by atoms with Crippen molar-refractivity contribution in [3.05, 3.63) is 90.0 Å². The molecular formula is C26H24N6O2. The number of ether oxygens (including phenoxy) is 1. The van der Waals surface area contributed by atoms with Gasteiger partial charge in [0.15, 0.2) is 11.6 Å². The zero-order valence-corrected chi connectivity index (χ0v) is 18.8. The minimum absolute atomic E-state index is 0.111. The van der Waals surface area contributed by atoms with E-state index in [1.165, 1.54) is 0 Å². The summed E-state index contributed by atoms with van der Waals surface area (Å²) >= 11 is 0. The fourth-order valence-electron chi connectivity index (χ4n) is 4.75. The van der Waals surface area contributed by atoms with Gasteiger partial charge in [-0.1, -0.05) is 36.4 Å². The zero-order valence-electron chi connectivity index (χ0n) is 18.8. The van der Waals surface area contributed by atoms with Crippen LogP contribution in [0.1, 0.15) is 22.9 Å². The Hall–Kier alpha value is -4.20. The molecular weight excluding hydrogens is 428 g/mol. The van der Waals surface area contributed by atoms with Crippen LogP contribution in [-0.4, -0.2) is 56.7 Å². The van der Waals surface area contributed by atoms with Crippen molar-refractivity contribution >= 4 is 11.7 Å². The smallest absolute Gasteiger partial charge is 0.234 e.